The summed E-state index contributed by atoms with van der Waals surface area (Å²) in [4.78, 5) is 28.4. The number of ether oxygens (including phenoxy) is 1. The van der Waals surface area contributed by atoms with E-state index in [1.54, 1.807) is 6.07 Å². The van der Waals surface area contributed by atoms with Gasteiger partial charge in [-0.25, -0.2) is 26.4 Å². The zero-order valence-corrected chi connectivity index (χ0v) is 17.0. The topological polar surface area (TPSA) is 114 Å². The summed E-state index contributed by atoms with van der Waals surface area (Å²) in [6.45, 7) is 2.50. The number of esters is 1. The van der Waals surface area contributed by atoms with E-state index in [9.17, 15) is 31.2 Å². The van der Waals surface area contributed by atoms with E-state index in [1.165, 1.54) is 32.0 Å². The average Bonchev–Trinajstić information content (AvgIpc) is 2.98. The van der Waals surface area contributed by atoms with Crippen LogP contribution in [0.2, 0.25) is 0 Å². The van der Waals surface area contributed by atoms with Gasteiger partial charge in [-0.2, -0.15) is 0 Å². The Hall–Kier alpha value is -3.41. The molecule has 0 bridgehead atoms. The molecule has 0 saturated carbocycles. The third-order valence-electron chi connectivity index (χ3n) is 4.28. The van der Waals surface area contributed by atoms with Crippen molar-refractivity contribution in [2.45, 2.75) is 30.9 Å². The molecule has 3 rings (SSSR count). The molecule has 31 heavy (non-hydrogen) atoms. The van der Waals surface area contributed by atoms with Crippen molar-refractivity contribution in [1.82, 2.24) is 4.72 Å². The largest absolute Gasteiger partial charge is 0.451 e. The summed E-state index contributed by atoms with van der Waals surface area (Å²) in [6, 6.07) is 6.28. The minimum Gasteiger partial charge on any atom is -0.451 e. The summed E-state index contributed by atoms with van der Waals surface area (Å²) in [6.07, 6.45) is -1.43. The number of hydrogen-bond acceptors (Lipinski definition) is 6. The number of hydrogen-bond donors (Lipinski definition) is 2. The molecular formula is C19H16F3N3O5S. The Morgan fingerprint density at radius 3 is 2.45 bits per heavy atom. The Balaban J connectivity index is 1.68. The molecule has 2 atom stereocenters. The van der Waals surface area contributed by atoms with Crippen LogP contribution >= 0.6 is 0 Å². The Kier molecular flexibility index (Phi) is 6.02. The summed E-state index contributed by atoms with van der Waals surface area (Å²) in [7, 11) is -3.80. The highest BCUT2D eigenvalue weighted by atomic mass is 32.2. The van der Waals surface area contributed by atoms with Gasteiger partial charge in [-0.1, -0.05) is 12.1 Å². The van der Waals surface area contributed by atoms with Gasteiger partial charge in [0.1, 0.15) is 11.9 Å². The normalized spacial score (nSPS) is 17.4. The minimum absolute atomic E-state index is 0.00983. The molecule has 1 unspecified atom stereocenters. The van der Waals surface area contributed by atoms with E-state index in [2.05, 4.69) is 9.71 Å². The number of carbonyl (C=O) groups is 2. The van der Waals surface area contributed by atoms with Crippen molar-refractivity contribution in [3.8, 4) is 0 Å². The first kappa shape index (κ1) is 22.3. The molecule has 0 fully saturated rings. The fraction of sp³-hybridized carbons (Fsp3) is 0.211. The third-order valence-corrected chi connectivity index (χ3v) is 5.68. The summed E-state index contributed by atoms with van der Waals surface area (Å²) in [5.74, 6) is -6.80. The van der Waals surface area contributed by atoms with Crippen molar-refractivity contribution in [3.63, 3.8) is 0 Å². The number of sulfonamides is 1. The fourth-order valence-corrected chi connectivity index (χ4v) is 3.90. The molecule has 1 aliphatic rings. The molecule has 1 amide bonds. The van der Waals surface area contributed by atoms with Crippen LogP contribution in [0.5, 0.6) is 0 Å². The Morgan fingerprint density at radius 2 is 1.74 bits per heavy atom. The number of aliphatic imine (C=N–C) groups is 1. The standard InChI is InChI=1S/C19H16F3N3O5S/c1-9(23-17-11-5-3-4-6-14(11)31(28,29)25-17)19(27)30-10(2)18(26)24-13-8-7-12(20)15(21)16(13)22/h3-10H,1-2H3,(H,23,25)(H,24,26)/t9-,10?/m0/s1. The Morgan fingerprint density at radius 1 is 1.06 bits per heavy atom. The maximum Gasteiger partial charge on any atom is 0.331 e. The molecule has 0 spiro atoms. The number of halogens is 3. The highest BCUT2D eigenvalue weighted by Gasteiger charge is 2.32. The van der Waals surface area contributed by atoms with Crippen molar-refractivity contribution in [2.24, 2.45) is 4.99 Å². The van der Waals surface area contributed by atoms with Gasteiger partial charge < -0.3 is 10.1 Å². The first-order valence-corrected chi connectivity index (χ1v) is 10.3. The van der Waals surface area contributed by atoms with Crippen molar-refractivity contribution < 1.29 is 35.9 Å². The van der Waals surface area contributed by atoms with Gasteiger partial charge in [0.15, 0.2) is 23.6 Å². The van der Waals surface area contributed by atoms with Crippen LogP contribution in [0, 0.1) is 17.5 Å². The van der Waals surface area contributed by atoms with E-state index in [1.807, 2.05) is 5.32 Å². The van der Waals surface area contributed by atoms with Gasteiger partial charge in [-0.3, -0.25) is 14.5 Å². The second-order valence-corrected chi connectivity index (χ2v) is 8.20. The van der Waals surface area contributed by atoms with Gasteiger partial charge in [0.25, 0.3) is 15.9 Å². The molecule has 2 aromatic rings. The van der Waals surface area contributed by atoms with Crippen molar-refractivity contribution in [2.75, 3.05) is 5.32 Å². The van der Waals surface area contributed by atoms with Crippen LogP contribution in [-0.2, 0) is 24.3 Å². The van der Waals surface area contributed by atoms with Crippen LogP contribution < -0.4 is 10.0 Å². The first-order valence-electron chi connectivity index (χ1n) is 8.86. The number of fused-ring (bicyclic) bond motifs is 1. The van der Waals surface area contributed by atoms with Crippen LogP contribution in [0.25, 0.3) is 0 Å². The van der Waals surface area contributed by atoms with E-state index >= 15 is 0 Å². The summed E-state index contributed by atoms with van der Waals surface area (Å²) in [5, 5.41) is 1.99. The highest BCUT2D eigenvalue weighted by Crippen LogP contribution is 2.23. The Bertz CT molecular complexity index is 1200. The number of amidine groups is 1. The lowest BCUT2D eigenvalue weighted by molar-refractivity contribution is -0.154. The molecule has 0 saturated heterocycles. The zero-order valence-electron chi connectivity index (χ0n) is 16.1. The van der Waals surface area contributed by atoms with Crippen molar-refractivity contribution >= 4 is 33.4 Å². The molecular weight excluding hydrogens is 439 g/mol. The van der Waals surface area contributed by atoms with Gasteiger partial charge in [0.05, 0.1) is 10.6 Å². The van der Waals surface area contributed by atoms with Crippen molar-refractivity contribution in [1.29, 1.82) is 0 Å². The minimum atomic E-state index is -3.80. The smallest absolute Gasteiger partial charge is 0.331 e. The number of nitrogens with zero attached hydrogens (tertiary/aromatic N) is 1. The third kappa shape index (κ3) is 4.53. The monoisotopic (exact) mass is 455 g/mol. The van der Waals surface area contributed by atoms with Gasteiger partial charge >= 0.3 is 5.97 Å². The number of nitrogens with one attached hydrogen (secondary N) is 2. The molecule has 2 N–H and O–H groups in total. The number of rotatable bonds is 5. The predicted octanol–water partition coefficient (Wildman–Crippen LogP) is 2.10. The van der Waals surface area contributed by atoms with E-state index in [0.29, 0.717) is 6.07 Å². The number of carbonyl (C=O) groups excluding carboxylic acids is 2. The summed E-state index contributed by atoms with van der Waals surface area (Å²) >= 11 is 0. The van der Waals surface area contributed by atoms with Crippen LogP contribution in [0.3, 0.4) is 0 Å². The molecule has 8 nitrogen and oxygen atoms in total. The number of amides is 1. The molecule has 164 valence electrons. The molecule has 12 heteroatoms. The van der Waals surface area contributed by atoms with Gasteiger partial charge in [-0.05, 0) is 38.1 Å². The molecule has 0 aliphatic carbocycles. The quantitative estimate of drug-likeness (QED) is 0.530. The predicted molar refractivity (Wildman–Crippen MR) is 103 cm³/mol. The SMILES string of the molecule is CC(OC(=O)[C@H](C)N=C1NS(=O)(=O)c2ccccc21)C(=O)Nc1ccc(F)c(F)c1F. The second kappa shape index (κ2) is 8.38. The average molecular weight is 455 g/mol. The zero-order chi connectivity index (χ0) is 22.9. The second-order valence-electron chi connectivity index (χ2n) is 6.55. The van der Waals surface area contributed by atoms with E-state index in [0.717, 1.165) is 6.07 Å². The number of benzene rings is 2. The van der Waals surface area contributed by atoms with Gasteiger partial charge in [0.2, 0.25) is 0 Å². The maximum absolute atomic E-state index is 13.7. The fourth-order valence-electron chi connectivity index (χ4n) is 2.66. The maximum atomic E-state index is 13.7. The van der Waals surface area contributed by atoms with Crippen LogP contribution in [0.4, 0.5) is 18.9 Å². The Labute approximate surface area is 175 Å². The lowest BCUT2D eigenvalue weighted by Gasteiger charge is -2.16. The summed E-state index contributed by atoms with van der Waals surface area (Å²) < 4.78 is 71.3. The first-order chi connectivity index (χ1) is 14.5. The van der Waals surface area contributed by atoms with Gasteiger partial charge in [0, 0.05) is 5.56 Å². The van der Waals surface area contributed by atoms with E-state index < -0.39 is 57.2 Å². The number of anilines is 1. The van der Waals surface area contributed by atoms with Crippen LogP contribution in [0.15, 0.2) is 46.3 Å². The van der Waals surface area contributed by atoms with Crippen LogP contribution in [0.1, 0.15) is 19.4 Å². The molecule has 0 radical (unpaired) electrons. The van der Waals surface area contributed by atoms with E-state index in [4.69, 9.17) is 4.74 Å². The molecule has 0 aromatic heterocycles. The van der Waals surface area contributed by atoms with Crippen molar-refractivity contribution in [3.05, 3.63) is 59.4 Å². The summed E-state index contributed by atoms with van der Waals surface area (Å²) in [5.41, 5.74) is -0.348. The lowest BCUT2D eigenvalue weighted by atomic mass is 10.2. The molecule has 2 aromatic carbocycles. The highest BCUT2D eigenvalue weighted by molar-refractivity contribution is 7.90. The lowest BCUT2D eigenvalue weighted by Crippen LogP contribution is -2.34. The van der Waals surface area contributed by atoms with E-state index in [-0.39, 0.29) is 16.3 Å². The van der Waals surface area contributed by atoms with Gasteiger partial charge in [-0.15, -0.1) is 0 Å². The molecule has 1 heterocycles. The van der Waals surface area contributed by atoms with Crippen LogP contribution in [-0.4, -0.2) is 38.3 Å². The molecule has 1 aliphatic heterocycles.